The number of hydrogen-bond acceptors (Lipinski definition) is 5. The lowest BCUT2D eigenvalue weighted by Crippen LogP contribution is -2.30. The quantitative estimate of drug-likeness (QED) is 0.440. The van der Waals surface area contributed by atoms with E-state index in [1.807, 2.05) is 0 Å². The molecule has 0 aliphatic heterocycles. The normalized spacial score (nSPS) is 10.9. The molecule has 0 aliphatic rings. The number of nitrogens with one attached hydrogen (secondary N) is 1. The minimum Gasteiger partial charge on any atom is -0.508 e. The highest BCUT2D eigenvalue weighted by Gasteiger charge is 2.24. The molecule has 2 aromatic rings. The van der Waals surface area contributed by atoms with Crippen LogP contribution in [-0.2, 0) is 0 Å². The maximum absolute atomic E-state index is 10.8. The van der Waals surface area contributed by atoms with Crippen molar-refractivity contribution >= 4 is 6.03 Å². The first-order valence-corrected chi connectivity index (χ1v) is 8.30. The third-order valence-electron chi connectivity index (χ3n) is 4.59. The van der Waals surface area contributed by atoms with Crippen molar-refractivity contribution in [1.29, 1.82) is 0 Å². The second-order valence-corrected chi connectivity index (χ2v) is 6.28. The molecule has 0 fully saturated rings. The fourth-order valence-electron chi connectivity index (χ4n) is 2.98. The summed E-state index contributed by atoms with van der Waals surface area (Å²) < 4.78 is 0. The molecule has 2 rings (SSSR count). The number of nitrogens with two attached hydrogens (primary N) is 1. The van der Waals surface area contributed by atoms with E-state index in [1.54, 1.807) is 26.0 Å². The molecule has 7 heteroatoms. The van der Waals surface area contributed by atoms with Crippen LogP contribution >= 0.6 is 0 Å². The van der Waals surface area contributed by atoms with Crippen molar-refractivity contribution in [3.63, 3.8) is 0 Å². The number of rotatable bonds is 6. The van der Waals surface area contributed by atoms with Gasteiger partial charge in [-0.1, -0.05) is 12.1 Å². The molecule has 0 unspecified atom stereocenters. The predicted molar refractivity (Wildman–Crippen MR) is 97.7 cm³/mol. The van der Waals surface area contributed by atoms with Gasteiger partial charge >= 0.3 is 6.03 Å². The van der Waals surface area contributed by atoms with E-state index in [9.17, 15) is 25.2 Å². The van der Waals surface area contributed by atoms with E-state index >= 15 is 0 Å². The molecule has 0 heterocycles. The Morgan fingerprint density at radius 3 is 1.85 bits per heavy atom. The molecule has 0 aliphatic carbocycles. The number of aromatic hydroxyl groups is 4. The molecule has 0 spiro atoms. The minimum absolute atomic E-state index is 0.0218. The Labute approximate surface area is 151 Å². The molecule has 0 saturated carbocycles. The molecule has 0 aromatic heterocycles. The number of primary amides is 1. The smallest absolute Gasteiger partial charge is 0.312 e. The highest BCUT2D eigenvalue weighted by molar-refractivity contribution is 5.71. The molecule has 0 atom stereocenters. The maximum Gasteiger partial charge on any atom is 0.312 e. The first kappa shape index (κ1) is 19.2. The Balaban J connectivity index is 2.45. The van der Waals surface area contributed by atoms with Crippen LogP contribution in [0.5, 0.6) is 23.0 Å². The van der Waals surface area contributed by atoms with Crippen LogP contribution in [0.2, 0.25) is 0 Å². The van der Waals surface area contributed by atoms with Gasteiger partial charge in [-0.05, 0) is 38.8 Å². The SMILES string of the molecule is Cc1c(O)ccc(C(CCCNC(N)=O)c2ccc(O)c(C)c2O)c1O. The average Bonchev–Trinajstić information content (AvgIpc) is 2.59. The molecule has 7 nitrogen and oxygen atoms in total. The van der Waals surface area contributed by atoms with Crippen LogP contribution in [-0.4, -0.2) is 33.0 Å². The maximum atomic E-state index is 10.8. The van der Waals surface area contributed by atoms with E-state index < -0.39 is 11.9 Å². The third kappa shape index (κ3) is 3.93. The summed E-state index contributed by atoms with van der Waals surface area (Å²) in [6.07, 6.45) is 1.04. The van der Waals surface area contributed by atoms with Gasteiger partial charge in [0.1, 0.15) is 23.0 Å². The van der Waals surface area contributed by atoms with Gasteiger partial charge in [0.15, 0.2) is 0 Å². The molecule has 0 radical (unpaired) electrons. The summed E-state index contributed by atoms with van der Waals surface area (Å²) in [6.45, 7) is 3.55. The van der Waals surface area contributed by atoms with Gasteiger partial charge in [-0.3, -0.25) is 0 Å². The van der Waals surface area contributed by atoms with E-state index in [-0.39, 0.29) is 23.0 Å². The lowest BCUT2D eigenvalue weighted by atomic mass is 9.84. The molecule has 140 valence electrons. The minimum atomic E-state index is -0.617. The largest absolute Gasteiger partial charge is 0.508 e. The van der Waals surface area contributed by atoms with Crippen LogP contribution in [0, 0.1) is 13.8 Å². The van der Waals surface area contributed by atoms with Gasteiger partial charge in [-0.15, -0.1) is 0 Å². The Kier molecular flexibility index (Phi) is 5.82. The van der Waals surface area contributed by atoms with Crippen LogP contribution in [0.1, 0.15) is 41.0 Å². The molecule has 2 amide bonds. The first-order valence-electron chi connectivity index (χ1n) is 8.30. The van der Waals surface area contributed by atoms with Crippen molar-refractivity contribution in [1.82, 2.24) is 5.32 Å². The second-order valence-electron chi connectivity index (χ2n) is 6.28. The van der Waals surface area contributed by atoms with Gasteiger partial charge in [0.05, 0.1) is 0 Å². The summed E-state index contributed by atoms with van der Waals surface area (Å²) >= 11 is 0. The van der Waals surface area contributed by atoms with Crippen molar-refractivity contribution in [3.05, 3.63) is 46.5 Å². The van der Waals surface area contributed by atoms with Gasteiger partial charge in [-0.2, -0.15) is 0 Å². The lowest BCUT2D eigenvalue weighted by Gasteiger charge is -2.22. The van der Waals surface area contributed by atoms with Gasteiger partial charge in [0, 0.05) is 34.7 Å². The number of phenols is 4. The number of benzene rings is 2. The Hall–Kier alpha value is -3.09. The van der Waals surface area contributed by atoms with Crippen molar-refractivity contribution < 1.29 is 25.2 Å². The van der Waals surface area contributed by atoms with E-state index in [2.05, 4.69) is 5.32 Å². The van der Waals surface area contributed by atoms with Gasteiger partial charge < -0.3 is 31.5 Å². The highest BCUT2D eigenvalue weighted by atomic mass is 16.3. The van der Waals surface area contributed by atoms with Gasteiger partial charge in [-0.25, -0.2) is 4.79 Å². The van der Waals surface area contributed by atoms with E-state index in [0.717, 1.165) is 0 Å². The molecule has 7 N–H and O–H groups in total. The average molecular weight is 360 g/mol. The fourth-order valence-corrected chi connectivity index (χ4v) is 2.98. The Bertz CT molecular complexity index is 763. The summed E-state index contributed by atoms with van der Waals surface area (Å²) in [5.74, 6) is -0.549. The Morgan fingerprint density at radius 2 is 1.42 bits per heavy atom. The van der Waals surface area contributed by atoms with Gasteiger partial charge in [0.25, 0.3) is 0 Å². The molecular formula is C19H24N2O5. The summed E-state index contributed by atoms with van der Waals surface area (Å²) in [4.78, 5) is 10.8. The van der Waals surface area contributed by atoms with Crippen LogP contribution < -0.4 is 11.1 Å². The predicted octanol–water partition coefficient (Wildman–Crippen LogP) is 2.71. The highest BCUT2D eigenvalue weighted by Crippen LogP contribution is 2.43. The standard InChI is InChI=1S/C19H24N2O5/c1-10-15(22)7-5-13(17(10)24)12(4-3-9-21-19(20)26)14-6-8-16(23)11(2)18(14)25/h5-8,12,22-25H,3-4,9H2,1-2H3,(H3,20,21,26). The van der Waals surface area contributed by atoms with Crippen LogP contribution in [0.4, 0.5) is 4.79 Å². The van der Waals surface area contributed by atoms with Crippen molar-refractivity contribution in [2.75, 3.05) is 6.54 Å². The van der Waals surface area contributed by atoms with Crippen LogP contribution in [0.3, 0.4) is 0 Å². The zero-order valence-electron chi connectivity index (χ0n) is 14.8. The number of hydrogen-bond donors (Lipinski definition) is 6. The first-order chi connectivity index (χ1) is 12.2. The second kappa shape index (κ2) is 7.86. The molecule has 26 heavy (non-hydrogen) atoms. The number of carbonyl (C=O) groups excluding carboxylic acids is 1. The molecular weight excluding hydrogens is 336 g/mol. The van der Waals surface area contributed by atoms with Crippen LogP contribution in [0.25, 0.3) is 0 Å². The number of amides is 2. The van der Waals surface area contributed by atoms with E-state index in [0.29, 0.717) is 41.6 Å². The van der Waals surface area contributed by atoms with Crippen molar-refractivity contribution in [2.24, 2.45) is 5.73 Å². The summed E-state index contributed by atoms with van der Waals surface area (Å²) in [5, 5.41) is 43.1. The monoisotopic (exact) mass is 360 g/mol. The zero-order valence-corrected chi connectivity index (χ0v) is 14.8. The molecule has 2 aromatic carbocycles. The molecule has 0 bridgehead atoms. The third-order valence-corrected chi connectivity index (χ3v) is 4.59. The topological polar surface area (TPSA) is 136 Å². The van der Waals surface area contributed by atoms with Gasteiger partial charge in [0.2, 0.25) is 0 Å². The number of carbonyl (C=O) groups is 1. The van der Waals surface area contributed by atoms with Crippen molar-refractivity contribution in [2.45, 2.75) is 32.6 Å². The van der Waals surface area contributed by atoms with Crippen molar-refractivity contribution in [3.8, 4) is 23.0 Å². The Morgan fingerprint density at radius 1 is 0.962 bits per heavy atom. The summed E-state index contributed by atoms with van der Waals surface area (Å²) in [5.41, 5.74) is 6.84. The number of phenolic OH excluding ortho intramolecular Hbond substituents is 4. The lowest BCUT2D eigenvalue weighted by molar-refractivity contribution is 0.248. The molecule has 0 saturated heterocycles. The zero-order chi connectivity index (χ0) is 19.4. The summed E-state index contributed by atoms with van der Waals surface area (Å²) in [7, 11) is 0. The van der Waals surface area contributed by atoms with E-state index in [4.69, 9.17) is 5.73 Å². The summed E-state index contributed by atoms with van der Waals surface area (Å²) in [6, 6.07) is 5.57. The van der Waals surface area contributed by atoms with Crippen LogP contribution in [0.15, 0.2) is 24.3 Å². The number of urea groups is 1. The van der Waals surface area contributed by atoms with E-state index in [1.165, 1.54) is 12.1 Å². The fraction of sp³-hybridized carbons (Fsp3) is 0.316.